The van der Waals surface area contributed by atoms with E-state index >= 15 is 0 Å². The molecule has 5 heteroatoms. The van der Waals surface area contributed by atoms with Crippen LogP contribution in [0.2, 0.25) is 0 Å². The molecule has 0 N–H and O–H groups in total. The Hall–Kier alpha value is -2.95. The van der Waals surface area contributed by atoms with Gasteiger partial charge in [0.1, 0.15) is 0 Å². The molecule has 0 spiro atoms. The minimum absolute atomic E-state index is 0.0442. The van der Waals surface area contributed by atoms with Crippen LogP contribution < -0.4 is 0 Å². The van der Waals surface area contributed by atoms with E-state index < -0.39 is 11.9 Å². The summed E-state index contributed by atoms with van der Waals surface area (Å²) in [5.74, 6) is -1.27. The molecular formula is C21H21NO4. The number of benzene rings is 2. The van der Waals surface area contributed by atoms with E-state index in [4.69, 9.17) is 4.74 Å². The highest BCUT2D eigenvalue weighted by Crippen LogP contribution is 2.20. The van der Waals surface area contributed by atoms with E-state index in [0.29, 0.717) is 18.7 Å². The Labute approximate surface area is 152 Å². The summed E-state index contributed by atoms with van der Waals surface area (Å²) in [5, 5.41) is 0. The maximum absolute atomic E-state index is 12.2. The highest BCUT2D eigenvalue weighted by Gasteiger charge is 2.35. The van der Waals surface area contributed by atoms with E-state index in [2.05, 4.69) is 0 Å². The summed E-state index contributed by atoms with van der Waals surface area (Å²) in [6, 6.07) is 18.6. The lowest BCUT2D eigenvalue weighted by molar-refractivity contribution is -0.147. The van der Waals surface area contributed by atoms with Crippen molar-refractivity contribution in [1.82, 2.24) is 4.90 Å². The SMILES string of the molecule is O=C(COC(=O)[C@H]1CC(=O)N(CCc2ccccc2)C1)c1ccccc1. The monoisotopic (exact) mass is 351 g/mol. The summed E-state index contributed by atoms with van der Waals surface area (Å²) < 4.78 is 5.13. The second kappa shape index (κ2) is 8.43. The quantitative estimate of drug-likeness (QED) is 0.568. The first-order chi connectivity index (χ1) is 12.6. The highest BCUT2D eigenvalue weighted by atomic mass is 16.5. The Balaban J connectivity index is 1.47. The average Bonchev–Trinajstić information content (AvgIpc) is 3.06. The molecule has 134 valence electrons. The van der Waals surface area contributed by atoms with Gasteiger partial charge >= 0.3 is 5.97 Å². The molecule has 0 saturated carbocycles. The number of hydrogen-bond acceptors (Lipinski definition) is 4. The number of esters is 1. The molecule has 1 fully saturated rings. The lowest BCUT2D eigenvalue weighted by Gasteiger charge is -2.16. The summed E-state index contributed by atoms with van der Waals surface area (Å²) in [6.45, 7) is 0.636. The molecule has 1 aliphatic rings. The van der Waals surface area contributed by atoms with Gasteiger partial charge in [-0.1, -0.05) is 60.7 Å². The number of ether oxygens (including phenoxy) is 1. The molecule has 1 saturated heterocycles. The van der Waals surface area contributed by atoms with Gasteiger partial charge in [-0.2, -0.15) is 0 Å². The summed E-state index contributed by atoms with van der Waals surface area (Å²) in [5.41, 5.74) is 1.66. The van der Waals surface area contributed by atoms with Crippen molar-refractivity contribution < 1.29 is 19.1 Å². The molecule has 1 heterocycles. The normalized spacial score (nSPS) is 16.5. The number of nitrogens with zero attached hydrogens (tertiary/aromatic N) is 1. The number of Topliss-reactive ketones (excluding diaryl/α,β-unsaturated/α-hetero) is 1. The van der Waals surface area contributed by atoms with Crippen LogP contribution in [-0.2, 0) is 20.7 Å². The third-order valence-corrected chi connectivity index (χ3v) is 4.50. The Morgan fingerprint density at radius 3 is 2.35 bits per heavy atom. The van der Waals surface area contributed by atoms with Gasteiger partial charge in [-0.15, -0.1) is 0 Å². The fourth-order valence-corrected chi connectivity index (χ4v) is 3.02. The molecule has 26 heavy (non-hydrogen) atoms. The lowest BCUT2D eigenvalue weighted by Crippen LogP contribution is -2.29. The largest absolute Gasteiger partial charge is 0.457 e. The van der Waals surface area contributed by atoms with Gasteiger partial charge in [-0.3, -0.25) is 14.4 Å². The van der Waals surface area contributed by atoms with Gasteiger partial charge in [0.15, 0.2) is 12.4 Å². The van der Waals surface area contributed by atoms with Crippen molar-refractivity contribution in [3.05, 3.63) is 71.8 Å². The van der Waals surface area contributed by atoms with Crippen LogP contribution in [0.15, 0.2) is 60.7 Å². The van der Waals surface area contributed by atoms with E-state index in [1.165, 1.54) is 0 Å². The molecule has 2 aromatic carbocycles. The Morgan fingerprint density at radius 1 is 1.00 bits per heavy atom. The fraction of sp³-hybridized carbons (Fsp3) is 0.286. The van der Waals surface area contributed by atoms with Crippen molar-refractivity contribution in [2.45, 2.75) is 12.8 Å². The first-order valence-corrected chi connectivity index (χ1v) is 8.70. The molecular weight excluding hydrogens is 330 g/mol. The van der Waals surface area contributed by atoms with Crippen LogP contribution in [0.5, 0.6) is 0 Å². The zero-order valence-corrected chi connectivity index (χ0v) is 14.5. The van der Waals surface area contributed by atoms with Crippen molar-refractivity contribution in [2.75, 3.05) is 19.7 Å². The maximum atomic E-state index is 12.2. The molecule has 0 radical (unpaired) electrons. The number of ketones is 1. The lowest BCUT2D eigenvalue weighted by atomic mass is 10.1. The highest BCUT2D eigenvalue weighted by molar-refractivity contribution is 5.98. The minimum atomic E-state index is -0.498. The predicted molar refractivity (Wildman–Crippen MR) is 96.6 cm³/mol. The summed E-state index contributed by atoms with van der Waals surface area (Å²) in [7, 11) is 0. The number of amides is 1. The number of likely N-dealkylation sites (tertiary alicyclic amines) is 1. The molecule has 2 aromatic rings. The van der Waals surface area contributed by atoms with Gasteiger partial charge in [-0.05, 0) is 12.0 Å². The first-order valence-electron chi connectivity index (χ1n) is 8.70. The topological polar surface area (TPSA) is 63.7 Å². The van der Waals surface area contributed by atoms with E-state index in [1.54, 1.807) is 29.2 Å². The van der Waals surface area contributed by atoms with Gasteiger partial charge in [0.25, 0.3) is 0 Å². The van der Waals surface area contributed by atoms with Crippen LogP contribution in [0, 0.1) is 5.92 Å². The molecule has 5 nitrogen and oxygen atoms in total. The number of rotatable bonds is 7. The van der Waals surface area contributed by atoms with Gasteiger partial charge in [0.05, 0.1) is 5.92 Å². The van der Waals surface area contributed by atoms with Gasteiger partial charge in [0, 0.05) is 25.1 Å². The van der Waals surface area contributed by atoms with E-state index in [9.17, 15) is 14.4 Å². The minimum Gasteiger partial charge on any atom is -0.457 e. The fourth-order valence-electron chi connectivity index (χ4n) is 3.02. The van der Waals surface area contributed by atoms with Crippen LogP contribution in [0.4, 0.5) is 0 Å². The molecule has 3 rings (SSSR count). The summed E-state index contributed by atoms with van der Waals surface area (Å²) >= 11 is 0. The van der Waals surface area contributed by atoms with Gasteiger partial charge < -0.3 is 9.64 Å². The number of carbonyl (C=O) groups excluding carboxylic acids is 3. The van der Waals surface area contributed by atoms with E-state index in [-0.39, 0.29) is 24.7 Å². The van der Waals surface area contributed by atoms with Crippen LogP contribution in [-0.4, -0.2) is 42.3 Å². The third kappa shape index (κ3) is 4.57. The van der Waals surface area contributed by atoms with E-state index in [0.717, 1.165) is 12.0 Å². The number of hydrogen-bond donors (Lipinski definition) is 0. The Bertz CT molecular complexity index is 773. The van der Waals surface area contributed by atoms with Crippen molar-refractivity contribution in [2.24, 2.45) is 5.92 Å². The first kappa shape index (κ1) is 17.9. The standard InChI is InChI=1S/C21H21NO4/c23-19(17-9-5-2-6-10-17)15-26-21(25)18-13-20(24)22(14-18)12-11-16-7-3-1-4-8-16/h1-10,18H,11-15H2/t18-/m0/s1. The molecule has 0 aliphatic carbocycles. The Morgan fingerprint density at radius 2 is 1.65 bits per heavy atom. The molecule has 1 aliphatic heterocycles. The zero-order chi connectivity index (χ0) is 18.4. The molecule has 0 aromatic heterocycles. The summed E-state index contributed by atoms with van der Waals surface area (Å²) in [6.07, 6.45) is 0.897. The van der Waals surface area contributed by atoms with Gasteiger partial charge in [-0.25, -0.2) is 0 Å². The summed E-state index contributed by atoms with van der Waals surface area (Å²) in [4.78, 5) is 38.0. The second-order valence-electron chi connectivity index (χ2n) is 6.37. The van der Waals surface area contributed by atoms with Crippen LogP contribution in [0.1, 0.15) is 22.3 Å². The van der Waals surface area contributed by atoms with Crippen LogP contribution >= 0.6 is 0 Å². The van der Waals surface area contributed by atoms with Crippen LogP contribution in [0.3, 0.4) is 0 Å². The van der Waals surface area contributed by atoms with E-state index in [1.807, 2.05) is 36.4 Å². The Kier molecular flexibility index (Phi) is 5.79. The van der Waals surface area contributed by atoms with Crippen molar-refractivity contribution in [1.29, 1.82) is 0 Å². The smallest absolute Gasteiger partial charge is 0.311 e. The molecule has 1 amide bonds. The maximum Gasteiger partial charge on any atom is 0.311 e. The number of carbonyl (C=O) groups is 3. The predicted octanol–water partition coefficient (Wildman–Crippen LogP) is 2.50. The van der Waals surface area contributed by atoms with Crippen LogP contribution in [0.25, 0.3) is 0 Å². The van der Waals surface area contributed by atoms with Crippen molar-refractivity contribution >= 4 is 17.7 Å². The average molecular weight is 351 g/mol. The molecule has 0 unspecified atom stereocenters. The molecule has 0 bridgehead atoms. The van der Waals surface area contributed by atoms with Crippen molar-refractivity contribution in [3.8, 4) is 0 Å². The van der Waals surface area contributed by atoms with Crippen molar-refractivity contribution in [3.63, 3.8) is 0 Å². The zero-order valence-electron chi connectivity index (χ0n) is 14.5. The second-order valence-corrected chi connectivity index (χ2v) is 6.37. The molecule has 1 atom stereocenters. The van der Waals surface area contributed by atoms with Gasteiger partial charge in [0.2, 0.25) is 5.91 Å². The third-order valence-electron chi connectivity index (χ3n) is 4.50.